The minimum Gasteiger partial charge on any atom is -0.396 e. The van der Waals surface area contributed by atoms with E-state index in [9.17, 15) is 0 Å². The first kappa shape index (κ1) is 17.0. The molecule has 0 aromatic rings. The predicted molar refractivity (Wildman–Crippen MR) is 88.6 cm³/mol. The van der Waals surface area contributed by atoms with Gasteiger partial charge in [-0.15, -0.1) is 0 Å². The van der Waals surface area contributed by atoms with E-state index in [4.69, 9.17) is 5.11 Å². The highest BCUT2D eigenvalue weighted by atomic mass is 16.3. The molecule has 1 rings (SSSR count). The number of aliphatic hydroxyl groups excluding tert-OH is 1. The van der Waals surface area contributed by atoms with Crippen LogP contribution in [-0.4, -0.2) is 11.7 Å². The molecule has 1 aliphatic rings. The topological polar surface area (TPSA) is 20.2 Å². The minimum absolute atomic E-state index is 0.208. The molecular formula is C19H30O. The van der Waals surface area contributed by atoms with Crippen LogP contribution in [0.3, 0.4) is 0 Å². The smallest absolute Gasteiger partial charge is 0.0491 e. The summed E-state index contributed by atoms with van der Waals surface area (Å²) in [4.78, 5) is 0. The molecule has 0 spiro atoms. The van der Waals surface area contributed by atoms with Crippen molar-refractivity contribution in [2.24, 2.45) is 11.3 Å². The van der Waals surface area contributed by atoms with Gasteiger partial charge in [0.1, 0.15) is 0 Å². The van der Waals surface area contributed by atoms with Crippen LogP contribution in [0.4, 0.5) is 0 Å². The molecule has 112 valence electrons. The lowest BCUT2D eigenvalue weighted by atomic mass is 9.72. The molecule has 1 aliphatic carbocycles. The molecule has 1 nitrogen and oxygen atoms in total. The molecule has 1 N–H and O–H groups in total. The fourth-order valence-electron chi connectivity index (χ4n) is 2.74. The molecule has 1 heteroatoms. The average molecular weight is 274 g/mol. The van der Waals surface area contributed by atoms with Gasteiger partial charge in [-0.3, -0.25) is 0 Å². The van der Waals surface area contributed by atoms with Gasteiger partial charge < -0.3 is 5.11 Å². The van der Waals surface area contributed by atoms with Crippen LogP contribution in [0.5, 0.6) is 0 Å². The highest BCUT2D eigenvalue weighted by molar-refractivity contribution is 5.36. The Morgan fingerprint density at radius 3 is 2.70 bits per heavy atom. The van der Waals surface area contributed by atoms with Gasteiger partial charge in [-0.1, -0.05) is 62.3 Å². The molecule has 0 amide bonds. The van der Waals surface area contributed by atoms with Crippen LogP contribution in [0.15, 0.2) is 47.1 Å². The van der Waals surface area contributed by atoms with Gasteiger partial charge >= 0.3 is 0 Å². The van der Waals surface area contributed by atoms with Gasteiger partial charge in [0.15, 0.2) is 0 Å². The summed E-state index contributed by atoms with van der Waals surface area (Å²) in [7, 11) is 0. The standard InChI is InChI=1S/C19H30O/c1-15(8-6-9-16(2)14-20)11-12-18-17(3)10-7-13-19(18,4)5/h6,8-9,11-12,16,20H,7,10,13-14H2,1-5H3. The maximum absolute atomic E-state index is 8.97. The first-order valence-electron chi connectivity index (χ1n) is 7.71. The van der Waals surface area contributed by atoms with Gasteiger partial charge in [-0.2, -0.15) is 0 Å². The Morgan fingerprint density at radius 1 is 1.40 bits per heavy atom. The number of hydrogen-bond donors (Lipinski definition) is 1. The zero-order valence-corrected chi connectivity index (χ0v) is 13.7. The van der Waals surface area contributed by atoms with Gasteiger partial charge in [0.25, 0.3) is 0 Å². The maximum atomic E-state index is 8.97. The fourth-order valence-corrected chi connectivity index (χ4v) is 2.74. The second-order valence-electron chi connectivity index (χ2n) is 6.72. The summed E-state index contributed by atoms with van der Waals surface area (Å²) in [5.41, 5.74) is 4.59. The molecule has 0 fully saturated rings. The van der Waals surface area contributed by atoms with Gasteiger partial charge in [-0.05, 0) is 50.0 Å². The SMILES string of the molecule is CC(C=CC1=C(C)CCCC1(C)C)=CC=CC(C)CO. The summed E-state index contributed by atoms with van der Waals surface area (Å²) < 4.78 is 0. The summed E-state index contributed by atoms with van der Waals surface area (Å²) in [6.07, 6.45) is 14.5. The van der Waals surface area contributed by atoms with Crippen molar-refractivity contribution in [3.05, 3.63) is 47.1 Å². The first-order valence-corrected chi connectivity index (χ1v) is 7.71. The predicted octanol–water partition coefficient (Wildman–Crippen LogP) is 5.20. The highest BCUT2D eigenvalue weighted by Gasteiger charge is 2.26. The van der Waals surface area contributed by atoms with Crippen molar-refractivity contribution < 1.29 is 5.11 Å². The van der Waals surface area contributed by atoms with Crippen LogP contribution in [0, 0.1) is 11.3 Å². The fraction of sp³-hybridized carbons (Fsp3) is 0.579. The maximum Gasteiger partial charge on any atom is 0.0491 e. The Labute approximate surface area is 124 Å². The zero-order chi connectivity index (χ0) is 15.2. The number of allylic oxidation sites excluding steroid dienone is 7. The molecule has 0 heterocycles. The highest BCUT2D eigenvalue weighted by Crippen LogP contribution is 2.40. The molecule has 0 bridgehead atoms. The minimum atomic E-state index is 0.208. The summed E-state index contributed by atoms with van der Waals surface area (Å²) in [5.74, 6) is 0.227. The van der Waals surface area contributed by atoms with E-state index in [-0.39, 0.29) is 12.5 Å². The number of aliphatic hydroxyl groups is 1. The lowest BCUT2D eigenvalue weighted by molar-refractivity contribution is 0.262. The van der Waals surface area contributed by atoms with Gasteiger partial charge in [0, 0.05) is 6.61 Å². The van der Waals surface area contributed by atoms with Crippen molar-refractivity contribution >= 4 is 0 Å². The second kappa shape index (κ2) is 7.64. The second-order valence-corrected chi connectivity index (χ2v) is 6.72. The van der Waals surface area contributed by atoms with Crippen molar-refractivity contribution in [2.45, 2.75) is 53.9 Å². The summed E-state index contributed by atoms with van der Waals surface area (Å²) >= 11 is 0. The van der Waals surface area contributed by atoms with Gasteiger partial charge in [0.2, 0.25) is 0 Å². The third-order valence-electron chi connectivity index (χ3n) is 4.14. The Bertz CT molecular complexity index is 433. The largest absolute Gasteiger partial charge is 0.396 e. The zero-order valence-electron chi connectivity index (χ0n) is 13.7. The van der Waals surface area contributed by atoms with E-state index < -0.39 is 0 Å². The number of hydrogen-bond acceptors (Lipinski definition) is 1. The molecular weight excluding hydrogens is 244 g/mol. The third kappa shape index (κ3) is 5.13. The van der Waals surface area contributed by atoms with E-state index in [1.54, 1.807) is 0 Å². The van der Waals surface area contributed by atoms with Crippen LogP contribution in [-0.2, 0) is 0 Å². The lowest BCUT2D eigenvalue weighted by Gasteiger charge is -2.32. The molecule has 0 saturated heterocycles. The van der Waals surface area contributed by atoms with Crippen molar-refractivity contribution in [3.8, 4) is 0 Å². The molecule has 0 aliphatic heterocycles. The van der Waals surface area contributed by atoms with Crippen LogP contribution < -0.4 is 0 Å². The van der Waals surface area contributed by atoms with E-state index in [1.165, 1.54) is 36.0 Å². The summed E-state index contributed by atoms with van der Waals surface area (Å²) in [6.45, 7) is 11.3. The van der Waals surface area contributed by atoms with Crippen LogP contribution >= 0.6 is 0 Å². The Kier molecular flexibility index (Phi) is 6.48. The third-order valence-corrected chi connectivity index (χ3v) is 4.14. The molecule has 20 heavy (non-hydrogen) atoms. The normalized spacial score (nSPS) is 22.0. The summed E-state index contributed by atoms with van der Waals surface area (Å²) in [5, 5.41) is 8.97. The van der Waals surface area contributed by atoms with Crippen LogP contribution in [0.2, 0.25) is 0 Å². The van der Waals surface area contributed by atoms with E-state index >= 15 is 0 Å². The van der Waals surface area contributed by atoms with Crippen molar-refractivity contribution in [1.82, 2.24) is 0 Å². The van der Waals surface area contributed by atoms with E-state index in [1.807, 2.05) is 19.1 Å². The van der Waals surface area contributed by atoms with Gasteiger partial charge in [-0.25, -0.2) is 0 Å². The van der Waals surface area contributed by atoms with E-state index in [0.29, 0.717) is 5.41 Å². The van der Waals surface area contributed by atoms with E-state index in [2.05, 4.69) is 45.9 Å². The monoisotopic (exact) mass is 274 g/mol. The van der Waals surface area contributed by atoms with Crippen molar-refractivity contribution in [2.75, 3.05) is 6.61 Å². The average Bonchev–Trinajstić information content (AvgIpc) is 2.37. The molecule has 0 radical (unpaired) electrons. The number of rotatable bonds is 5. The van der Waals surface area contributed by atoms with E-state index in [0.717, 1.165) is 0 Å². The first-order chi connectivity index (χ1) is 9.36. The summed E-state index contributed by atoms with van der Waals surface area (Å²) in [6, 6.07) is 0. The van der Waals surface area contributed by atoms with Crippen LogP contribution in [0.1, 0.15) is 53.9 Å². The van der Waals surface area contributed by atoms with Crippen molar-refractivity contribution in [1.29, 1.82) is 0 Å². The van der Waals surface area contributed by atoms with Crippen molar-refractivity contribution in [3.63, 3.8) is 0 Å². The lowest BCUT2D eigenvalue weighted by Crippen LogP contribution is -2.19. The van der Waals surface area contributed by atoms with Gasteiger partial charge in [0.05, 0.1) is 0 Å². The molecule has 0 aromatic carbocycles. The Hall–Kier alpha value is -1.08. The molecule has 1 unspecified atom stereocenters. The Balaban J connectivity index is 2.76. The molecule has 0 aromatic heterocycles. The quantitative estimate of drug-likeness (QED) is 0.683. The Morgan fingerprint density at radius 2 is 2.10 bits per heavy atom. The molecule has 0 saturated carbocycles. The molecule has 1 atom stereocenters. The van der Waals surface area contributed by atoms with Crippen LogP contribution in [0.25, 0.3) is 0 Å².